The van der Waals surface area contributed by atoms with Gasteiger partial charge in [-0.3, -0.25) is 0 Å². The second-order valence-electron chi connectivity index (χ2n) is 5.10. The average Bonchev–Trinajstić information content (AvgIpc) is 2.56. The highest BCUT2D eigenvalue weighted by molar-refractivity contribution is 5.90. The summed E-state index contributed by atoms with van der Waals surface area (Å²) in [7, 11) is 0. The Hall–Kier alpha value is -2.73. The van der Waals surface area contributed by atoms with E-state index in [9.17, 15) is 5.26 Å². The van der Waals surface area contributed by atoms with E-state index in [-0.39, 0.29) is 0 Å². The van der Waals surface area contributed by atoms with Gasteiger partial charge in [-0.1, -0.05) is 29.8 Å². The van der Waals surface area contributed by atoms with Crippen LogP contribution in [0.1, 0.15) is 30.5 Å². The summed E-state index contributed by atoms with van der Waals surface area (Å²) in [6.07, 6.45) is 1.85. The third kappa shape index (κ3) is 4.37. The molecule has 0 amide bonds. The molecule has 0 unspecified atom stereocenters. The van der Waals surface area contributed by atoms with Crippen molar-refractivity contribution in [2.75, 3.05) is 13.2 Å². The molecular formula is C20H21NO2. The molecule has 0 fully saturated rings. The Kier molecular flexibility index (Phi) is 5.82. The predicted molar refractivity (Wildman–Crippen MR) is 93.4 cm³/mol. The number of nitrogens with zero attached hydrogens (tertiary/aromatic N) is 1. The summed E-state index contributed by atoms with van der Waals surface area (Å²) in [5.74, 6) is 1.49. The summed E-state index contributed by atoms with van der Waals surface area (Å²) in [6, 6.07) is 15.9. The van der Waals surface area contributed by atoms with Crippen LogP contribution < -0.4 is 9.47 Å². The van der Waals surface area contributed by atoms with Crippen LogP contribution >= 0.6 is 0 Å². The van der Waals surface area contributed by atoms with Crippen LogP contribution in [0.2, 0.25) is 0 Å². The van der Waals surface area contributed by atoms with E-state index in [2.05, 4.69) is 6.07 Å². The van der Waals surface area contributed by atoms with Gasteiger partial charge in [0.1, 0.15) is 11.5 Å². The highest BCUT2D eigenvalue weighted by Gasteiger charge is 2.07. The lowest BCUT2D eigenvalue weighted by atomic mass is 10.0. The van der Waals surface area contributed by atoms with E-state index in [0.29, 0.717) is 18.8 Å². The fourth-order valence-electron chi connectivity index (χ4n) is 2.24. The van der Waals surface area contributed by atoms with Gasteiger partial charge in [0.25, 0.3) is 0 Å². The Balaban J connectivity index is 2.42. The first kappa shape index (κ1) is 16.6. The fraction of sp³-hybridized carbons (Fsp3) is 0.250. The van der Waals surface area contributed by atoms with Gasteiger partial charge in [-0.25, -0.2) is 0 Å². The lowest BCUT2D eigenvalue weighted by Gasteiger charge is -2.11. The largest absolute Gasteiger partial charge is 0.494 e. The summed E-state index contributed by atoms with van der Waals surface area (Å²) in [6.45, 7) is 7.07. The Morgan fingerprint density at radius 2 is 1.74 bits per heavy atom. The Morgan fingerprint density at radius 1 is 1.04 bits per heavy atom. The molecule has 0 aliphatic heterocycles. The lowest BCUT2D eigenvalue weighted by Crippen LogP contribution is -1.97. The van der Waals surface area contributed by atoms with Crippen molar-refractivity contribution in [3.63, 3.8) is 0 Å². The second-order valence-corrected chi connectivity index (χ2v) is 5.10. The van der Waals surface area contributed by atoms with Crippen molar-refractivity contribution in [1.29, 1.82) is 5.26 Å². The number of allylic oxidation sites excluding steroid dienone is 1. The van der Waals surface area contributed by atoms with Gasteiger partial charge in [0, 0.05) is 11.6 Å². The maximum Gasteiger partial charge on any atom is 0.130 e. The van der Waals surface area contributed by atoms with Crippen LogP contribution in [-0.2, 0) is 0 Å². The minimum atomic E-state index is 0.558. The Morgan fingerprint density at radius 3 is 2.35 bits per heavy atom. The molecule has 3 nitrogen and oxygen atoms in total. The van der Waals surface area contributed by atoms with Crippen molar-refractivity contribution in [1.82, 2.24) is 0 Å². The molecule has 0 aliphatic carbocycles. The monoisotopic (exact) mass is 307 g/mol. The highest BCUT2D eigenvalue weighted by Crippen LogP contribution is 2.29. The third-order valence-electron chi connectivity index (χ3n) is 3.38. The number of benzene rings is 2. The minimum absolute atomic E-state index is 0.558. The van der Waals surface area contributed by atoms with Crippen molar-refractivity contribution in [3.05, 3.63) is 59.2 Å². The van der Waals surface area contributed by atoms with Crippen LogP contribution in [0.3, 0.4) is 0 Å². The fourth-order valence-corrected chi connectivity index (χ4v) is 2.24. The molecule has 2 aromatic rings. The summed E-state index contributed by atoms with van der Waals surface area (Å²) in [5, 5.41) is 9.49. The van der Waals surface area contributed by atoms with Crippen LogP contribution in [0.25, 0.3) is 11.6 Å². The zero-order chi connectivity index (χ0) is 16.7. The van der Waals surface area contributed by atoms with Crippen LogP contribution in [0, 0.1) is 18.3 Å². The molecular weight excluding hydrogens is 286 g/mol. The van der Waals surface area contributed by atoms with Crippen LogP contribution in [-0.4, -0.2) is 13.2 Å². The molecule has 3 heteroatoms. The van der Waals surface area contributed by atoms with E-state index in [0.717, 1.165) is 22.6 Å². The molecule has 0 atom stereocenters. The van der Waals surface area contributed by atoms with E-state index in [4.69, 9.17) is 9.47 Å². The van der Waals surface area contributed by atoms with Gasteiger partial charge in [0.2, 0.25) is 0 Å². The molecule has 0 spiro atoms. The van der Waals surface area contributed by atoms with E-state index in [1.165, 1.54) is 5.56 Å². The zero-order valence-corrected chi connectivity index (χ0v) is 13.8. The smallest absolute Gasteiger partial charge is 0.130 e. The SMILES string of the molecule is CCOc1ccc(/C=C(/C#N)c2ccc(C)cc2)c(OCC)c1. The molecule has 2 aromatic carbocycles. The molecule has 0 radical (unpaired) electrons. The lowest BCUT2D eigenvalue weighted by molar-refractivity contribution is 0.322. The molecule has 0 aromatic heterocycles. The summed E-state index contributed by atoms with van der Waals surface area (Å²) < 4.78 is 11.2. The van der Waals surface area contributed by atoms with E-state index in [1.54, 1.807) is 0 Å². The van der Waals surface area contributed by atoms with Crippen LogP contribution in [0.5, 0.6) is 11.5 Å². The van der Waals surface area contributed by atoms with Gasteiger partial charge in [0.05, 0.1) is 24.9 Å². The number of nitriles is 1. The zero-order valence-electron chi connectivity index (χ0n) is 13.8. The first-order valence-corrected chi connectivity index (χ1v) is 7.76. The highest BCUT2D eigenvalue weighted by atomic mass is 16.5. The minimum Gasteiger partial charge on any atom is -0.494 e. The molecule has 2 rings (SSSR count). The number of ether oxygens (including phenoxy) is 2. The summed E-state index contributed by atoms with van der Waals surface area (Å²) >= 11 is 0. The van der Waals surface area contributed by atoms with Crippen molar-refractivity contribution in [2.45, 2.75) is 20.8 Å². The van der Waals surface area contributed by atoms with Gasteiger partial charge in [-0.05, 0) is 44.5 Å². The quantitative estimate of drug-likeness (QED) is 0.565. The molecule has 23 heavy (non-hydrogen) atoms. The molecule has 0 saturated heterocycles. The predicted octanol–water partition coefficient (Wildman–Crippen LogP) is 4.86. The molecule has 0 aliphatic rings. The molecule has 118 valence electrons. The topological polar surface area (TPSA) is 42.2 Å². The van der Waals surface area contributed by atoms with Crippen LogP contribution in [0.4, 0.5) is 0 Å². The standard InChI is InChI=1S/C20H21NO2/c1-4-22-19-11-10-17(20(13-19)23-5-2)12-18(14-21)16-8-6-15(3)7-9-16/h6-13H,4-5H2,1-3H3/b18-12-. The van der Waals surface area contributed by atoms with Crippen molar-refractivity contribution >= 4 is 11.6 Å². The normalized spacial score (nSPS) is 11.0. The maximum atomic E-state index is 9.49. The summed E-state index contributed by atoms with van der Waals surface area (Å²) in [4.78, 5) is 0. The van der Waals surface area contributed by atoms with E-state index < -0.39 is 0 Å². The first-order valence-electron chi connectivity index (χ1n) is 7.76. The van der Waals surface area contributed by atoms with E-state index in [1.807, 2.05) is 69.3 Å². The Labute approximate surface area is 137 Å². The van der Waals surface area contributed by atoms with Gasteiger partial charge in [0.15, 0.2) is 0 Å². The first-order chi connectivity index (χ1) is 11.2. The van der Waals surface area contributed by atoms with Crippen molar-refractivity contribution in [2.24, 2.45) is 0 Å². The van der Waals surface area contributed by atoms with Gasteiger partial charge < -0.3 is 9.47 Å². The number of hydrogen-bond acceptors (Lipinski definition) is 3. The van der Waals surface area contributed by atoms with Crippen LogP contribution in [0.15, 0.2) is 42.5 Å². The third-order valence-corrected chi connectivity index (χ3v) is 3.38. The number of hydrogen-bond donors (Lipinski definition) is 0. The summed E-state index contributed by atoms with van der Waals surface area (Å²) in [5.41, 5.74) is 3.54. The van der Waals surface area contributed by atoms with Crippen molar-refractivity contribution in [3.8, 4) is 17.6 Å². The second kappa shape index (κ2) is 8.05. The molecule has 0 saturated carbocycles. The van der Waals surface area contributed by atoms with Crippen molar-refractivity contribution < 1.29 is 9.47 Å². The molecule has 0 N–H and O–H groups in total. The average molecular weight is 307 g/mol. The molecule has 0 bridgehead atoms. The maximum absolute atomic E-state index is 9.49. The Bertz CT molecular complexity index is 724. The van der Waals surface area contributed by atoms with Gasteiger partial charge >= 0.3 is 0 Å². The number of rotatable bonds is 6. The molecule has 0 heterocycles. The van der Waals surface area contributed by atoms with E-state index >= 15 is 0 Å². The van der Waals surface area contributed by atoms with Gasteiger partial charge in [-0.15, -0.1) is 0 Å². The number of aryl methyl sites for hydroxylation is 1. The van der Waals surface area contributed by atoms with Gasteiger partial charge in [-0.2, -0.15) is 5.26 Å².